The van der Waals surface area contributed by atoms with Crippen molar-refractivity contribution in [2.45, 2.75) is 51.2 Å². The van der Waals surface area contributed by atoms with Gasteiger partial charge in [-0.2, -0.15) is 0 Å². The van der Waals surface area contributed by atoms with Gasteiger partial charge in [0, 0.05) is 16.8 Å². The van der Waals surface area contributed by atoms with Gasteiger partial charge in [0.25, 0.3) is 0 Å². The Bertz CT molecular complexity index is 1830. The van der Waals surface area contributed by atoms with Gasteiger partial charge in [0.1, 0.15) is 11.6 Å². The third-order valence-electron chi connectivity index (χ3n) is 9.46. The Balaban J connectivity index is 1.36. The fourth-order valence-electron chi connectivity index (χ4n) is 7.48. The minimum absolute atomic E-state index is 0.0494. The van der Waals surface area contributed by atoms with E-state index in [0.29, 0.717) is 12.1 Å². The molecule has 220 valence electrons. The number of para-hydroxylation sites is 1. The van der Waals surface area contributed by atoms with Gasteiger partial charge >= 0.3 is 0 Å². The van der Waals surface area contributed by atoms with Crippen LogP contribution in [-0.2, 0) is 18.4 Å². The second-order valence-electron chi connectivity index (χ2n) is 11.8. The number of fused-ring (bicyclic) bond motifs is 3. The van der Waals surface area contributed by atoms with Gasteiger partial charge in [-0.25, -0.2) is 4.98 Å². The summed E-state index contributed by atoms with van der Waals surface area (Å²) >= 11 is 0. The highest BCUT2D eigenvalue weighted by atomic mass is 16.3. The summed E-state index contributed by atoms with van der Waals surface area (Å²) in [6.45, 7) is 4.19. The summed E-state index contributed by atoms with van der Waals surface area (Å²) in [4.78, 5) is 19.1. The van der Waals surface area contributed by atoms with Crippen LogP contribution < -0.4 is 0 Å². The number of aliphatic hydroxyl groups is 1. The minimum atomic E-state index is -1.03. The molecule has 0 amide bonds. The standard InChI is InChI=1S/C39H37N3O2/c1-3-15-31-32-22-13-14-23-34(32)42-35(31)25-24-33(38(42)44)37(43)36-27(2)41(26-40-36)39(28-16-7-4-8-17-28,29-18-9-5-10-19-29)30-20-11-6-12-21-30/h4-14,16-23,26,33,37,43H,3,15,24-25H2,1-2H3. The summed E-state index contributed by atoms with van der Waals surface area (Å²) < 4.78 is 4.06. The highest BCUT2D eigenvalue weighted by molar-refractivity contribution is 5.98. The smallest absolute Gasteiger partial charge is 0.237 e. The SMILES string of the molecule is CCCc1c2n(c3ccccc13)C(=O)C(C(O)c1ncn(C(c3ccccc3)(c3ccccc3)c3ccccc3)c1C)CC2. The first-order valence-electron chi connectivity index (χ1n) is 15.6. The first-order valence-corrected chi connectivity index (χ1v) is 15.6. The Labute approximate surface area is 258 Å². The van der Waals surface area contributed by atoms with Crippen LogP contribution in [0.2, 0.25) is 0 Å². The van der Waals surface area contributed by atoms with E-state index in [0.717, 1.165) is 58.2 Å². The molecule has 6 aromatic rings. The fraction of sp³-hybridized carbons (Fsp3) is 0.231. The molecule has 0 radical (unpaired) electrons. The van der Waals surface area contributed by atoms with Crippen LogP contribution in [0.15, 0.2) is 122 Å². The molecule has 1 aliphatic heterocycles. The lowest BCUT2D eigenvalue weighted by Crippen LogP contribution is -2.38. The molecule has 1 N–H and O–H groups in total. The maximum atomic E-state index is 14.2. The van der Waals surface area contributed by atoms with E-state index >= 15 is 0 Å². The molecule has 3 heterocycles. The van der Waals surface area contributed by atoms with Gasteiger partial charge in [0.15, 0.2) is 0 Å². The average molecular weight is 580 g/mol. The van der Waals surface area contributed by atoms with Crippen LogP contribution in [0.5, 0.6) is 0 Å². The quantitative estimate of drug-likeness (QED) is 0.187. The number of hydrogen-bond donors (Lipinski definition) is 1. The Morgan fingerprint density at radius 2 is 1.39 bits per heavy atom. The van der Waals surface area contributed by atoms with Crippen molar-refractivity contribution in [2.75, 3.05) is 0 Å². The predicted octanol–water partition coefficient (Wildman–Crippen LogP) is 7.88. The largest absolute Gasteiger partial charge is 0.386 e. The van der Waals surface area contributed by atoms with E-state index in [1.807, 2.05) is 54.2 Å². The lowest BCUT2D eigenvalue weighted by molar-refractivity contribution is 0.0529. The average Bonchev–Trinajstić information content (AvgIpc) is 3.61. The van der Waals surface area contributed by atoms with Crippen molar-refractivity contribution < 1.29 is 9.90 Å². The summed E-state index contributed by atoms with van der Waals surface area (Å²) in [6, 6.07) is 39.5. The first kappa shape index (κ1) is 28.1. The van der Waals surface area contributed by atoms with Crippen LogP contribution >= 0.6 is 0 Å². The van der Waals surface area contributed by atoms with Crippen LogP contribution in [0.25, 0.3) is 10.9 Å². The number of aromatic nitrogens is 3. The van der Waals surface area contributed by atoms with E-state index in [2.05, 4.69) is 90.4 Å². The summed E-state index contributed by atoms with van der Waals surface area (Å²) in [7, 11) is 0. The van der Waals surface area contributed by atoms with Crippen LogP contribution in [0.4, 0.5) is 0 Å². The van der Waals surface area contributed by atoms with Gasteiger partial charge in [-0.1, -0.05) is 123 Å². The molecular formula is C39H37N3O2. The molecular weight excluding hydrogens is 542 g/mol. The summed E-state index contributed by atoms with van der Waals surface area (Å²) in [5.41, 5.74) is 7.18. The molecule has 0 fully saturated rings. The fourth-order valence-corrected chi connectivity index (χ4v) is 7.48. The van der Waals surface area contributed by atoms with Gasteiger partial charge in [-0.15, -0.1) is 0 Å². The predicted molar refractivity (Wildman–Crippen MR) is 175 cm³/mol. The van der Waals surface area contributed by atoms with E-state index < -0.39 is 17.6 Å². The van der Waals surface area contributed by atoms with Crippen molar-refractivity contribution in [1.82, 2.24) is 14.1 Å². The van der Waals surface area contributed by atoms with E-state index in [-0.39, 0.29) is 5.91 Å². The molecule has 5 nitrogen and oxygen atoms in total. The van der Waals surface area contributed by atoms with Crippen molar-refractivity contribution in [3.8, 4) is 0 Å². The number of carbonyl (C=O) groups excluding carboxylic acids is 1. The van der Waals surface area contributed by atoms with Crippen molar-refractivity contribution in [1.29, 1.82) is 0 Å². The highest BCUT2D eigenvalue weighted by Gasteiger charge is 2.42. The maximum Gasteiger partial charge on any atom is 0.237 e. The molecule has 0 aliphatic carbocycles. The Morgan fingerprint density at radius 3 is 1.95 bits per heavy atom. The maximum absolute atomic E-state index is 14.2. The number of aryl methyl sites for hydroxylation is 1. The zero-order valence-electron chi connectivity index (χ0n) is 25.2. The Kier molecular flexibility index (Phi) is 7.27. The summed E-state index contributed by atoms with van der Waals surface area (Å²) in [5, 5.41) is 13.1. The molecule has 0 spiro atoms. The van der Waals surface area contributed by atoms with Crippen molar-refractivity contribution in [3.05, 3.63) is 161 Å². The summed E-state index contributed by atoms with van der Waals surface area (Å²) in [5.74, 6) is -0.638. The van der Waals surface area contributed by atoms with E-state index in [1.165, 1.54) is 5.56 Å². The van der Waals surface area contributed by atoms with Crippen LogP contribution in [0.3, 0.4) is 0 Å². The Hall–Kier alpha value is -4.74. The number of nitrogens with zero attached hydrogens (tertiary/aromatic N) is 3. The van der Waals surface area contributed by atoms with Gasteiger partial charge in [0.2, 0.25) is 5.91 Å². The summed E-state index contributed by atoms with van der Waals surface area (Å²) in [6.07, 6.45) is 4.09. The molecule has 2 unspecified atom stereocenters. The third kappa shape index (κ3) is 4.26. The molecule has 0 saturated heterocycles. The number of rotatable bonds is 8. The molecule has 2 aromatic heterocycles. The number of benzene rings is 4. The topological polar surface area (TPSA) is 60.1 Å². The van der Waals surface area contributed by atoms with Crippen molar-refractivity contribution >= 4 is 16.8 Å². The zero-order chi connectivity index (χ0) is 30.3. The third-order valence-corrected chi connectivity index (χ3v) is 9.46. The number of hydrogen-bond acceptors (Lipinski definition) is 3. The van der Waals surface area contributed by atoms with E-state index in [1.54, 1.807) is 0 Å². The van der Waals surface area contributed by atoms with Gasteiger partial charge in [-0.3, -0.25) is 9.36 Å². The number of imidazole rings is 1. The molecule has 7 rings (SSSR count). The normalized spacial score (nSPS) is 15.8. The monoisotopic (exact) mass is 579 g/mol. The van der Waals surface area contributed by atoms with Gasteiger partial charge in [0.05, 0.1) is 23.5 Å². The zero-order valence-corrected chi connectivity index (χ0v) is 25.2. The molecule has 4 aromatic carbocycles. The van der Waals surface area contributed by atoms with Crippen molar-refractivity contribution in [3.63, 3.8) is 0 Å². The van der Waals surface area contributed by atoms with Crippen molar-refractivity contribution in [2.24, 2.45) is 5.92 Å². The lowest BCUT2D eigenvalue weighted by Gasteiger charge is -2.38. The first-order chi connectivity index (χ1) is 21.6. The molecule has 5 heteroatoms. The van der Waals surface area contributed by atoms with Crippen LogP contribution in [0.1, 0.15) is 70.0 Å². The second-order valence-corrected chi connectivity index (χ2v) is 11.8. The van der Waals surface area contributed by atoms with E-state index in [9.17, 15) is 9.90 Å². The number of carbonyl (C=O) groups is 1. The van der Waals surface area contributed by atoms with E-state index in [4.69, 9.17) is 4.98 Å². The van der Waals surface area contributed by atoms with Crippen LogP contribution in [0, 0.1) is 12.8 Å². The molecule has 2 atom stereocenters. The minimum Gasteiger partial charge on any atom is -0.386 e. The Morgan fingerprint density at radius 1 is 0.841 bits per heavy atom. The second kappa shape index (κ2) is 11.4. The molecule has 0 saturated carbocycles. The lowest BCUT2D eigenvalue weighted by atomic mass is 9.76. The molecule has 1 aliphatic rings. The van der Waals surface area contributed by atoms with Gasteiger partial charge in [-0.05, 0) is 54.5 Å². The highest BCUT2D eigenvalue weighted by Crippen LogP contribution is 2.44. The van der Waals surface area contributed by atoms with Gasteiger partial charge < -0.3 is 9.67 Å². The van der Waals surface area contributed by atoms with Crippen LogP contribution in [-0.4, -0.2) is 25.1 Å². The molecule has 0 bridgehead atoms. The number of aliphatic hydroxyl groups excluding tert-OH is 1. The molecule has 44 heavy (non-hydrogen) atoms.